The minimum atomic E-state index is -0.268. The molecule has 2 heterocycles. The lowest BCUT2D eigenvalue weighted by molar-refractivity contribution is -0.123. The van der Waals surface area contributed by atoms with Gasteiger partial charge in [0.15, 0.2) is 11.6 Å². The Morgan fingerprint density at radius 3 is 2.52 bits per heavy atom. The number of aryl methyl sites for hydroxylation is 1. The van der Waals surface area contributed by atoms with Gasteiger partial charge in [-0.25, -0.2) is 9.37 Å². The summed E-state index contributed by atoms with van der Waals surface area (Å²) in [6, 6.07) is 14.1. The average molecular weight is 438 g/mol. The molecule has 0 radical (unpaired) electrons. The van der Waals surface area contributed by atoms with Crippen molar-refractivity contribution in [3.8, 4) is 17.0 Å². The number of carbonyl (C=O) groups excluding carboxylic acids is 1. The van der Waals surface area contributed by atoms with Gasteiger partial charge in [0.2, 0.25) is 0 Å². The van der Waals surface area contributed by atoms with E-state index in [9.17, 15) is 9.18 Å². The van der Waals surface area contributed by atoms with Crippen LogP contribution >= 0.6 is 11.3 Å². The maximum atomic E-state index is 13.1. The third-order valence-corrected chi connectivity index (χ3v) is 6.31. The van der Waals surface area contributed by atoms with Gasteiger partial charge in [-0.3, -0.25) is 9.20 Å². The van der Waals surface area contributed by atoms with Crippen LogP contribution in [0.4, 0.5) is 4.39 Å². The summed E-state index contributed by atoms with van der Waals surface area (Å²) in [6.07, 6.45) is 1.93. The van der Waals surface area contributed by atoms with Crippen LogP contribution in [-0.4, -0.2) is 21.9 Å². The molecule has 0 aliphatic heterocycles. The average Bonchev–Trinajstić information content (AvgIpc) is 3.31. The first-order chi connectivity index (χ1) is 14.9. The molecule has 0 fully saturated rings. The van der Waals surface area contributed by atoms with Gasteiger partial charge in [0.05, 0.1) is 12.2 Å². The Morgan fingerprint density at radius 2 is 1.87 bits per heavy atom. The molecule has 2 aromatic heterocycles. The Kier molecular flexibility index (Phi) is 6.04. The molecule has 0 aliphatic rings. The van der Waals surface area contributed by atoms with Crippen molar-refractivity contribution in [2.24, 2.45) is 0 Å². The summed E-state index contributed by atoms with van der Waals surface area (Å²) in [5.41, 5.74) is 3.91. The van der Waals surface area contributed by atoms with Gasteiger partial charge in [0.1, 0.15) is 11.6 Å². The molecule has 0 bridgehead atoms. The highest BCUT2D eigenvalue weighted by atomic mass is 32.1. The zero-order valence-electron chi connectivity index (χ0n) is 17.7. The topological polar surface area (TPSA) is 55.6 Å². The van der Waals surface area contributed by atoms with E-state index in [1.165, 1.54) is 29.0 Å². The van der Waals surface area contributed by atoms with Crippen molar-refractivity contribution >= 4 is 22.2 Å². The molecular formula is C24H24FN3O2S. The molecule has 0 atom stereocenters. The molecule has 0 saturated carbocycles. The molecule has 0 spiro atoms. The summed E-state index contributed by atoms with van der Waals surface area (Å²) >= 11 is 1.53. The molecule has 2 aromatic carbocycles. The van der Waals surface area contributed by atoms with Crippen molar-refractivity contribution in [2.45, 2.75) is 33.2 Å². The molecule has 1 amide bonds. The lowest BCUT2D eigenvalue weighted by Gasteiger charge is -2.09. The smallest absolute Gasteiger partial charge is 0.258 e. The van der Waals surface area contributed by atoms with E-state index < -0.39 is 0 Å². The Bertz CT molecular complexity index is 1190. The third kappa shape index (κ3) is 4.77. The van der Waals surface area contributed by atoms with E-state index in [0.29, 0.717) is 18.2 Å². The standard InChI is InChI=1S/C24H24FN3O2S/c1-15(2)17-6-10-20(11-7-17)30-14-23(29)26-12-22-16(3)28-13-21(27-24(28)31-22)18-4-8-19(25)9-5-18/h4-11,13,15H,12,14H2,1-3H3,(H,26,29). The molecule has 4 aromatic rings. The van der Waals surface area contributed by atoms with Crippen LogP contribution in [0.1, 0.15) is 35.9 Å². The predicted octanol–water partition coefficient (Wildman–Crippen LogP) is 5.33. The van der Waals surface area contributed by atoms with Gasteiger partial charge < -0.3 is 10.1 Å². The van der Waals surface area contributed by atoms with E-state index in [-0.39, 0.29) is 18.3 Å². The Labute approximate surface area is 184 Å². The molecule has 7 heteroatoms. The van der Waals surface area contributed by atoms with Crippen LogP contribution < -0.4 is 10.1 Å². The van der Waals surface area contributed by atoms with Crippen LogP contribution in [-0.2, 0) is 11.3 Å². The SMILES string of the molecule is Cc1c(CNC(=O)COc2ccc(C(C)C)cc2)sc2nc(-c3ccc(F)cc3)cn12. The van der Waals surface area contributed by atoms with Gasteiger partial charge in [-0.05, 0) is 54.8 Å². The van der Waals surface area contributed by atoms with E-state index in [0.717, 1.165) is 26.8 Å². The molecule has 1 N–H and O–H groups in total. The normalized spacial score (nSPS) is 11.3. The fourth-order valence-corrected chi connectivity index (χ4v) is 4.29. The first-order valence-electron chi connectivity index (χ1n) is 10.1. The largest absolute Gasteiger partial charge is 0.484 e. The van der Waals surface area contributed by atoms with Crippen LogP contribution in [0.2, 0.25) is 0 Å². The number of imidazole rings is 1. The summed E-state index contributed by atoms with van der Waals surface area (Å²) in [4.78, 5) is 18.7. The molecule has 160 valence electrons. The summed E-state index contributed by atoms with van der Waals surface area (Å²) in [7, 11) is 0. The van der Waals surface area contributed by atoms with Crippen LogP contribution in [0.3, 0.4) is 0 Å². The predicted molar refractivity (Wildman–Crippen MR) is 121 cm³/mol. The second-order valence-corrected chi connectivity index (χ2v) is 8.75. The Morgan fingerprint density at radius 1 is 1.16 bits per heavy atom. The molecule has 31 heavy (non-hydrogen) atoms. The van der Waals surface area contributed by atoms with Crippen molar-refractivity contribution in [1.29, 1.82) is 0 Å². The highest BCUT2D eigenvalue weighted by molar-refractivity contribution is 7.17. The Hall–Kier alpha value is -3.19. The fraction of sp³-hybridized carbons (Fsp3) is 0.250. The number of hydrogen-bond acceptors (Lipinski definition) is 4. The lowest BCUT2D eigenvalue weighted by Crippen LogP contribution is -2.28. The zero-order valence-corrected chi connectivity index (χ0v) is 18.5. The van der Waals surface area contributed by atoms with Crippen molar-refractivity contribution in [3.63, 3.8) is 0 Å². The summed E-state index contributed by atoms with van der Waals surface area (Å²) in [5.74, 6) is 0.693. The van der Waals surface area contributed by atoms with Crippen LogP contribution in [0.15, 0.2) is 54.7 Å². The molecule has 4 rings (SSSR count). The minimum Gasteiger partial charge on any atom is -0.484 e. The fourth-order valence-electron chi connectivity index (χ4n) is 3.25. The maximum Gasteiger partial charge on any atom is 0.258 e. The quantitative estimate of drug-likeness (QED) is 0.425. The van der Waals surface area contributed by atoms with E-state index >= 15 is 0 Å². The minimum absolute atomic E-state index is 0.0305. The van der Waals surface area contributed by atoms with E-state index in [4.69, 9.17) is 4.74 Å². The van der Waals surface area contributed by atoms with Crippen LogP contribution in [0, 0.1) is 12.7 Å². The first-order valence-corrected chi connectivity index (χ1v) is 10.9. The van der Waals surface area contributed by atoms with Gasteiger partial charge in [-0.15, -0.1) is 0 Å². The Balaban J connectivity index is 1.35. The number of nitrogens with one attached hydrogen (secondary N) is 1. The third-order valence-electron chi connectivity index (χ3n) is 5.16. The number of hydrogen-bond donors (Lipinski definition) is 1. The van der Waals surface area contributed by atoms with Crippen LogP contribution in [0.25, 0.3) is 16.2 Å². The number of amides is 1. The zero-order chi connectivity index (χ0) is 22.0. The molecular weight excluding hydrogens is 413 g/mol. The van der Waals surface area contributed by atoms with Gasteiger partial charge in [-0.1, -0.05) is 37.3 Å². The number of aromatic nitrogens is 2. The number of nitrogens with zero attached hydrogens (tertiary/aromatic N) is 2. The van der Waals surface area contributed by atoms with Crippen LogP contribution in [0.5, 0.6) is 5.75 Å². The van der Waals surface area contributed by atoms with Crippen molar-refractivity contribution in [3.05, 3.63) is 76.7 Å². The number of halogens is 1. The number of ether oxygens (including phenoxy) is 1. The summed E-state index contributed by atoms with van der Waals surface area (Å²) in [5, 5.41) is 2.91. The maximum absolute atomic E-state index is 13.1. The number of benzene rings is 2. The molecule has 0 unspecified atom stereocenters. The van der Waals surface area contributed by atoms with E-state index in [1.54, 1.807) is 12.1 Å². The second kappa shape index (κ2) is 8.89. The van der Waals surface area contributed by atoms with E-state index in [1.807, 2.05) is 41.8 Å². The van der Waals surface area contributed by atoms with Crippen molar-refractivity contribution in [1.82, 2.24) is 14.7 Å². The van der Waals surface area contributed by atoms with Crippen molar-refractivity contribution in [2.75, 3.05) is 6.61 Å². The highest BCUT2D eigenvalue weighted by Gasteiger charge is 2.14. The number of carbonyl (C=O) groups is 1. The monoisotopic (exact) mass is 437 g/mol. The first kappa shape index (κ1) is 21.1. The number of thiazole rings is 1. The number of rotatable bonds is 7. The van der Waals surface area contributed by atoms with Gasteiger partial charge in [0, 0.05) is 22.3 Å². The highest BCUT2D eigenvalue weighted by Crippen LogP contribution is 2.27. The van der Waals surface area contributed by atoms with Gasteiger partial charge in [-0.2, -0.15) is 0 Å². The molecule has 0 aliphatic carbocycles. The summed E-state index contributed by atoms with van der Waals surface area (Å²) < 4.78 is 20.7. The van der Waals surface area contributed by atoms with Gasteiger partial charge >= 0.3 is 0 Å². The van der Waals surface area contributed by atoms with Gasteiger partial charge in [0.25, 0.3) is 5.91 Å². The summed E-state index contributed by atoms with van der Waals surface area (Å²) in [6.45, 7) is 6.65. The lowest BCUT2D eigenvalue weighted by atomic mass is 10.0. The van der Waals surface area contributed by atoms with E-state index in [2.05, 4.69) is 24.1 Å². The second-order valence-electron chi connectivity index (χ2n) is 7.69. The molecule has 0 saturated heterocycles. The number of fused-ring (bicyclic) bond motifs is 1. The molecule has 5 nitrogen and oxygen atoms in total. The van der Waals surface area contributed by atoms with Crippen molar-refractivity contribution < 1.29 is 13.9 Å².